The lowest BCUT2D eigenvalue weighted by Crippen LogP contribution is -2.32. The molecule has 0 aliphatic carbocycles. The van der Waals surface area contributed by atoms with Gasteiger partial charge in [0.05, 0.1) is 6.04 Å². The van der Waals surface area contributed by atoms with Crippen LogP contribution >= 0.6 is 0 Å². The van der Waals surface area contributed by atoms with E-state index in [1.165, 1.54) is 7.05 Å². The summed E-state index contributed by atoms with van der Waals surface area (Å²) in [5.41, 5.74) is 1.04. The van der Waals surface area contributed by atoms with Crippen molar-refractivity contribution in [1.29, 1.82) is 0 Å². The number of halogens is 3. The van der Waals surface area contributed by atoms with Gasteiger partial charge in [-0.15, -0.1) is 0 Å². The van der Waals surface area contributed by atoms with Crippen molar-refractivity contribution in [3.8, 4) is 0 Å². The maximum absolute atomic E-state index is 12.8. The van der Waals surface area contributed by atoms with Gasteiger partial charge in [0.1, 0.15) is 5.69 Å². The van der Waals surface area contributed by atoms with E-state index < -0.39 is 17.8 Å². The van der Waals surface area contributed by atoms with Crippen LogP contribution in [0.3, 0.4) is 0 Å². The number of rotatable bonds is 2. The number of aryl methyl sites for hydroxylation is 2. The van der Waals surface area contributed by atoms with Crippen molar-refractivity contribution < 1.29 is 18.0 Å². The number of hydrogen-bond acceptors (Lipinski definition) is 2. The molecule has 2 aromatic rings. The van der Waals surface area contributed by atoms with Gasteiger partial charge in [0, 0.05) is 19.7 Å². The van der Waals surface area contributed by atoms with Crippen molar-refractivity contribution in [3.63, 3.8) is 0 Å². The summed E-state index contributed by atoms with van der Waals surface area (Å²) in [6.45, 7) is 2.51. The molecular formula is C17H18F3N3O. The van der Waals surface area contributed by atoms with Gasteiger partial charge in [0.15, 0.2) is 5.69 Å². The lowest BCUT2D eigenvalue weighted by atomic mass is 10.0. The van der Waals surface area contributed by atoms with Gasteiger partial charge in [-0.25, -0.2) is 0 Å². The number of nitrogens with zero attached hydrogens (tertiary/aromatic N) is 3. The summed E-state index contributed by atoms with van der Waals surface area (Å²) >= 11 is 0. The second-order valence-corrected chi connectivity index (χ2v) is 6.10. The zero-order valence-electron chi connectivity index (χ0n) is 13.5. The molecule has 24 heavy (non-hydrogen) atoms. The predicted octanol–water partition coefficient (Wildman–Crippen LogP) is 3.72. The van der Waals surface area contributed by atoms with Crippen molar-refractivity contribution in [2.24, 2.45) is 7.05 Å². The third kappa shape index (κ3) is 3.02. The highest BCUT2D eigenvalue weighted by Gasteiger charge is 2.37. The van der Waals surface area contributed by atoms with Gasteiger partial charge < -0.3 is 4.90 Å². The van der Waals surface area contributed by atoms with Crippen LogP contribution in [0.5, 0.6) is 0 Å². The van der Waals surface area contributed by atoms with Crippen molar-refractivity contribution in [2.75, 3.05) is 6.54 Å². The van der Waals surface area contributed by atoms with Crippen LogP contribution in [0, 0.1) is 6.92 Å². The Hall–Kier alpha value is -2.31. The maximum atomic E-state index is 12.8. The van der Waals surface area contributed by atoms with E-state index in [0.29, 0.717) is 6.54 Å². The number of carbonyl (C=O) groups is 1. The average Bonchev–Trinajstić information content (AvgIpc) is 3.13. The monoisotopic (exact) mass is 337 g/mol. The first-order chi connectivity index (χ1) is 11.3. The van der Waals surface area contributed by atoms with Crippen LogP contribution in [-0.4, -0.2) is 27.1 Å². The summed E-state index contributed by atoms with van der Waals surface area (Å²) in [7, 11) is 1.36. The van der Waals surface area contributed by atoms with Gasteiger partial charge in [-0.2, -0.15) is 18.3 Å². The van der Waals surface area contributed by atoms with Crippen LogP contribution < -0.4 is 0 Å². The highest BCUT2D eigenvalue weighted by Crippen LogP contribution is 2.34. The smallest absolute Gasteiger partial charge is 0.330 e. The largest absolute Gasteiger partial charge is 0.435 e. The van der Waals surface area contributed by atoms with Gasteiger partial charge in [0.25, 0.3) is 5.91 Å². The maximum Gasteiger partial charge on any atom is 0.435 e. The van der Waals surface area contributed by atoms with E-state index in [1.807, 2.05) is 31.2 Å². The highest BCUT2D eigenvalue weighted by molar-refractivity contribution is 5.93. The molecule has 0 saturated carbocycles. The fraction of sp³-hybridized carbons (Fsp3) is 0.412. The lowest BCUT2D eigenvalue weighted by molar-refractivity contribution is -0.141. The summed E-state index contributed by atoms with van der Waals surface area (Å²) in [6, 6.07) is 8.60. The fourth-order valence-electron chi connectivity index (χ4n) is 3.10. The SMILES string of the molecule is Cc1ccc([C@H]2CCCN2C(=O)c2cc(C(F)(F)F)nn2C)cc1. The Morgan fingerprint density at radius 2 is 1.92 bits per heavy atom. The van der Waals surface area contributed by atoms with E-state index in [2.05, 4.69) is 5.10 Å². The van der Waals surface area contributed by atoms with Gasteiger partial charge >= 0.3 is 6.18 Å². The van der Waals surface area contributed by atoms with Gasteiger partial charge in [-0.1, -0.05) is 29.8 Å². The van der Waals surface area contributed by atoms with E-state index in [-0.39, 0.29) is 11.7 Å². The van der Waals surface area contributed by atoms with E-state index in [0.717, 1.165) is 34.7 Å². The fourth-order valence-corrected chi connectivity index (χ4v) is 3.10. The molecule has 1 aliphatic rings. The van der Waals surface area contributed by atoms with Crippen molar-refractivity contribution in [2.45, 2.75) is 32.0 Å². The minimum atomic E-state index is -4.56. The minimum absolute atomic E-state index is 0.0404. The first kappa shape index (κ1) is 16.5. The zero-order valence-corrected chi connectivity index (χ0v) is 13.5. The topological polar surface area (TPSA) is 38.1 Å². The number of likely N-dealkylation sites (tertiary alicyclic amines) is 1. The molecule has 7 heteroatoms. The molecule has 1 amide bonds. The Morgan fingerprint density at radius 3 is 2.50 bits per heavy atom. The quantitative estimate of drug-likeness (QED) is 0.838. The molecule has 1 aromatic carbocycles. The summed E-state index contributed by atoms with van der Waals surface area (Å²) in [5, 5.41) is 3.43. The molecule has 1 fully saturated rings. The first-order valence-corrected chi connectivity index (χ1v) is 7.76. The number of amides is 1. The lowest BCUT2D eigenvalue weighted by Gasteiger charge is -2.25. The van der Waals surface area contributed by atoms with E-state index in [4.69, 9.17) is 0 Å². The molecular weight excluding hydrogens is 319 g/mol. The molecule has 1 saturated heterocycles. The third-order valence-electron chi connectivity index (χ3n) is 4.37. The molecule has 4 nitrogen and oxygen atoms in total. The molecule has 128 valence electrons. The minimum Gasteiger partial charge on any atom is -0.330 e. The molecule has 1 atom stereocenters. The summed E-state index contributed by atoms with van der Waals surface area (Å²) < 4.78 is 39.4. The predicted molar refractivity (Wildman–Crippen MR) is 82.4 cm³/mol. The molecule has 0 unspecified atom stereocenters. The van der Waals surface area contributed by atoms with E-state index in [1.54, 1.807) is 4.90 Å². The average molecular weight is 337 g/mol. The second-order valence-electron chi connectivity index (χ2n) is 6.10. The number of hydrogen-bond donors (Lipinski definition) is 0. The molecule has 0 radical (unpaired) electrons. The number of carbonyl (C=O) groups excluding carboxylic acids is 1. The Balaban J connectivity index is 1.89. The first-order valence-electron chi connectivity index (χ1n) is 7.76. The molecule has 0 bridgehead atoms. The summed E-state index contributed by atoms with van der Waals surface area (Å²) in [6.07, 6.45) is -2.93. The van der Waals surface area contributed by atoms with Crippen molar-refractivity contribution >= 4 is 5.91 Å². The van der Waals surface area contributed by atoms with E-state index >= 15 is 0 Å². The van der Waals surface area contributed by atoms with Crippen LogP contribution in [0.4, 0.5) is 13.2 Å². The number of alkyl halides is 3. The standard InChI is InChI=1S/C17H18F3N3O/c1-11-5-7-12(8-6-11)13-4-3-9-23(13)16(24)14-10-15(17(18,19)20)21-22(14)2/h5-8,10,13H,3-4,9H2,1-2H3/t13-/m1/s1. The van der Waals surface area contributed by atoms with Crippen molar-refractivity contribution in [1.82, 2.24) is 14.7 Å². The molecule has 3 rings (SSSR count). The van der Waals surface area contributed by atoms with Crippen LogP contribution in [0.15, 0.2) is 30.3 Å². The van der Waals surface area contributed by atoms with Crippen LogP contribution in [0.1, 0.15) is 46.2 Å². The Labute approximate surface area is 137 Å². The number of aromatic nitrogens is 2. The molecule has 1 aliphatic heterocycles. The molecule has 1 aromatic heterocycles. The Kier molecular flexibility index (Phi) is 4.11. The number of benzene rings is 1. The van der Waals surface area contributed by atoms with Gasteiger partial charge in [-0.3, -0.25) is 9.48 Å². The third-order valence-corrected chi connectivity index (χ3v) is 4.37. The molecule has 0 N–H and O–H groups in total. The Bertz CT molecular complexity index is 749. The molecule has 0 spiro atoms. The van der Waals surface area contributed by atoms with Crippen LogP contribution in [0.2, 0.25) is 0 Å². The normalized spacial score (nSPS) is 18.2. The summed E-state index contributed by atoms with van der Waals surface area (Å²) in [5.74, 6) is -0.413. The van der Waals surface area contributed by atoms with Gasteiger partial charge in [0.2, 0.25) is 0 Å². The zero-order chi connectivity index (χ0) is 17.5. The van der Waals surface area contributed by atoms with E-state index in [9.17, 15) is 18.0 Å². The Morgan fingerprint density at radius 1 is 1.25 bits per heavy atom. The molecule has 2 heterocycles. The summed E-state index contributed by atoms with van der Waals surface area (Å²) in [4.78, 5) is 14.4. The second kappa shape index (κ2) is 5.96. The highest BCUT2D eigenvalue weighted by atomic mass is 19.4. The van der Waals surface area contributed by atoms with Crippen LogP contribution in [0.25, 0.3) is 0 Å². The van der Waals surface area contributed by atoms with Gasteiger partial charge in [-0.05, 0) is 25.3 Å². The van der Waals surface area contributed by atoms with Crippen LogP contribution in [-0.2, 0) is 13.2 Å². The van der Waals surface area contributed by atoms with Crippen molar-refractivity contribution in [3.05, 3.63) is 52.8 Å².